The van der Waals surface area contributed by atoms with Crippen LogP contribution in [0.3, 0.4) is 0 Å². The smallest absolute Gasteiger partial charge is 0.416 e. The molecule has 1 amide bonds. The fourth-order valence-electron chi connectivity index (χ4n) is 3.63. The summed E-state index contributed by atoms with van der Waals surface area (Å²) in [7, 11) is 0. The summed E-state index contributed by atoms with van der Waals surface area (Å²) in [6, 6.07) is 9.35. The molecule has 0 radical (unpaired) electrons. The molecule has 8 heteroatoms. The van der Waals surface area contributed by atoms with E-state index >= 15 is 0 Å². The average molecular weight is 433 g/mol. The number of nitrogens with zero attached hydrogens (tertiary/aromatic N) is 1. The molecular weight excluding hydrogens is 411 g/mol. The molecular formula is C23H22F3NO4. The summed E-state index contributed by atoms with van der Waals surface area (Å²) in [6.07, 6.45) is -4.45. The standard InChI is InChI=1S/C23H22F3NO4/c1-13(2)10-18(29)19-20(15-6-8-17(28)9-7-15)27(22(31)21(19)30)12-14-4-3-5-16(11-14)23(24,25)26/h3-9,11,13,20,28,30H,10,12H2,1-2H3. The van der Waals surface area contributed by atoms with Crippen LogP contribution in [0.25, 0.3) is 0 Å². The molecule has 0 spiro atoms. The van der Waals surface area contributed by atoms with Crippen molar-refractivity contribution in [3.63, 3.8) is 0 Å². The zero-order valence-corrected chi connectivity index (χ0v) is 17.0. The summed E-state index contributed by atoms with van der Waals surface area (Å²) in [5, 5.41) is 20.1. The minimum atomic E-state index is -4.54. The Morgan fingerprint density at radius 3 is 2.32 bits per heavy atom. The highest BCUT2D eigenvalue weighted by Crippen LogP contribution is 2.40. The van der Waals surface area contributed by atoms with Gasteiger partial charge in [-0.1, -0.05) is 38.1 Å². The number of aromatic hydroxyl groups is 1. The zero-order valence-electron chi connectivity index (χ0n) is 17.0. The molecule has 1 aliphatic rings. The van der Waals surface area contributed by atoms with Crippen molar-refractivity contribution in [2.24, 2.45) is 5.92 Å². The first-order valence-corrected chi connectivity index (χ1v) is 9.71. The third-order valence-electron chi connectivity index (χ3n) is 5.01. The van der Waals surface area contributed by atoms with Crippen LogP contribution in [0.5, 0.6) is 5.75 Å². The Bertz CT molecular complexity index is 1030. The normalized spacial score (nSPS) is 17.0. The van der Waals surface area contributed by atoms with E-state index in [1.165, 1.54) is 41.3 Å². The lowest BCUT2D eigenvalue weighted by atomic mass is 9.92. The van der Waals surface area contributed by atoms with E-state index in [4.69, 9.17) is 0 Å². The quantitative estimate of drug-likeness (QED) is 0.678. The Hall–Kier alpha value is -3.29. The van der Waals surface area contributed by atoms with Crippen molar-refractivity contribution < 1.29 is 33.0 Å². The minimum absolute atomic E-state index is 0.0270. The number of alkyl halides is 3. The van der Waals surface area contributed by atoms with Crippen LogP contribution in [0.15, 0.2) is 59.9 Å². The maximum Gasteiger partial charge on any atom is 0.416 e. The Morgan fingerprint density at radius 1 is 1.10 bits per heavy atom. The molecule has 0 bridgehead atoms. The van der Waals surface area contributed by atoms with Crippen LogP contribution in [-0.4, -0.2) is 26.8 Å². The highest BCUT2D eigenvalue weighted by Gasteiger charge is 2.43. The molecule has 5 nitrogen and oxygen atoms in total. The maximum atomic E-state index is 13.1. The van der Waals surface area contributed by atoms with Crippen LogP contribution in [0.1, 0.15) is 43.0 Å². The first-order chi connectivity index (χ1) is 14.5. The van der Waals surface area contributed by atoms with Gasteiger partial charge in [0, 0.05) is 13.0 Å². The predicted octanol–water partition coefficient (Wildman–Crippen LogP) is 4.92. The molecule has 0 saturated heterocycles. The van der Waals surface area contributed by atoms with Crippen LogP contribution in [0.2, 0.25) is 0 Å². The number of carbonyl (C=O) groups excluding carboxylic acids is 2. The molecule has 1 atom stereocenters. The first-order valence-electron chi connectivity index (χ1n) is 9.71. The molecule has 164 valence electrons. The molecule has 1 unspecified atom stereocenters. The Labute approximate surface area is 177 Å². The summed E-state index contributed by atoms with van der Waals surface area (Å²) in [4.78, 5) is 26.9. The second-order valence-electron chi connectivity index (χ2n) is 7.91. The Kier molecular flexibility index (Phi) is 6.10. The van der Waals surface area contributed by atoms with Gasteiger partial charge in [-0.3, -0.25) is 9.59 Å². The van der Waals surface area contributed by atoms with Crippen LogP contribution in [0.4, 0.5) is 13.2 Å². The molecule has 2 aromatic rings. The van der Waals surface area contributed by atoms with E-state index in [2.05, 4.69) is 0 Å². The van der Waals surface area contributed by atoms with E-state index in [9.17, 15) is 33.0 Å². The molecule has 0 aliphatic carbocycles. The van der Waals surface area contributed by atoms with Crippen LogP contribution >= 0.6 is 0 Å². The molecule has 0 aromatic heterocycles. The number of hydrogen-bond acceptors (Lipinski definition) is 4. The van der Waals surface area contributed by atoms with Gasteiger partial charge < -0.3 is 15.1 Å². The number of amides is 1. The van der Waals surface area contributed by atoms with Crippen molar-refractivity contribution >= 4 is 11.7 Å². The predicted molar refractivity (Wildman–Crippen MR) is 107 cm³/mol. The van der Waals surface area contributed by atoms with Gasteiger partial charge in [0.05, 0.1) is 17.2 Å². The van der Waals surface area contributed by atoms with Gasteiger partial charge in [-0.2, -0.15) is 13.2 Å². The second-order valence-corrected chi connectivity index (χ2v) is 7.91. The number of rotatable bonds is 6. The van der Waals surface area contributed by atoms with Crippen molar-refractivity contribution in [3.05, 3.63) is 76.6 Å². The largest absolute Gasteiger partial charge is 0.508 e. The summed E-state index contributed by atoms with van der Waals surface area (Å²) in [6.45, 7) is 3.40. The molecule has 1 aliphatic heterocycles. The van der Waals surface area contributed by atoms with Gasteiger partial charge in [0.15, 0.2) is 11.5 Å². The van der Waals surface area contributed by atoms with E-state index in [1.54, 1.807) is 0 Å². The monoisotopic (exact) mass is 433 g/mol. The first kappa shape index (κ1) is 22.4. The summed E-state index contributed by atoms with van der Waals surface area (Å²) < 4.78 is 39.3. The van der Waals surface area contributed by atoms with Gasteiger partial charge in [-0.15, -0.1) is 0 Å². The van der Waals surface area contributed by atoms with E-state index in [1.807, 2.05) is 13.8 Å². The van der Waals surface area contributed by atoms with Crippen LogP contribution in [-0.2, 0) is 22.3 Å². The SMILES string of the molecule is CC(C)CC(=O)C1=C(O)C(=O)N(Cc2cccc(C(F)(F)F)c2)C1c1ccc(O)cc1. The fourth-order valence-corrected chi connectivity index (χ4v) is 3.63. The van der Waals surface area contributed by atoms with Gasteiger partial charge in [-0.05, 0) is 41.3 Å². The second kappa shape index (κ2) is 8.45. The lowest BCUT2D eigenvalue weighted by Gasteiger charge is -2.27. The van der Waals surface area contributed by atoms with Gasteiger partial charge in [0.1, 0.15) is 5.75 Å². The number of benzene rings is 2. The number of halogens is 3. The maximum absolute atomic E-state index is 13.1. The molecule has 0 saturated carbocycles. The van der Waals surface area contributed by atoms with Gasteiger partial charge in [0.2, 0.25) is 0 Å². The van der Waals surface area contributed by atoms with E-state index in [0.717, 1.165) is 12.1 Å². The van der Waals surface area contributed by atoms with Crippen molar-refractivity contribution in [2.45, 2.75) is 39.0 Å². The van der Waals surface area contributed by atoms with Crippen LogP contribution in [0, 0.1) is 5.92 Å². The zero-order chi connectivity index (χ0) is 22.9. The number of phenolic OH excluding ortho intramolecular Hbond substituents is 1. The number of carbonyl (C=O) groups is 2. The van der Waals surface area contributed by atoms with Crippen molar-refractivity contribution in [1.82, 2.24) is 4.90 Å². The van der Waals surface area contributed by atoms with Crippen LogP contribution < -0.4 is 0 Å². The third kappa shape index (κ3) is 4.73. The number of Topliss-reactive ketones (excluding diaryl/α,β-unsaturated/α-hetero) is 1. The number of phenols is 1. The molecule has 2 N–H and O–H groups in total. The Balaban J connectivity index is 2.03. The van der Waals surface area contributed by atoms with Crippen molar-refractivity contribution in [1.29, 1.82) is 0 Å². The number of hydrogen-bond donors (Lipinski definition) is 2. The minimum Gasteiger partial charge on any atom is -0.508 e. The lowest BCUT2D eigenvalue weighted by molar-refractivity contribution is -0.137. The lowest BCUT2D eigenvalue weighted by Crippen LogP contribution is -2.31. The number of aliphatic hydroxyl groups excluding tert-OH is 1. The molecule has 31 heavy (non-hydrogen) atoms. The van der Waals surface area contributed by atoms with E-state index in [-0.39, 0.29) is 35.8 Å². The molecule has 3 rings (SSSR count). The molecule has 1 heterocycles. The molecule has 0 fully saturated rings. The van der Waals surface area contributed by atoms with Gasteiger partial charge in [-0.25, -0.2) is 0 Å². The number of aliphatic hydroxyl groups is 1. The fraction of sp³-hybridized carbons (Fsp3) is 0.304. The van der Waals surface area contributed by atoms with Gasteiger partial charge in [0.25, 0.3) is 5.91 Å². The summed E-state index contributed by atoms with van der Waals surface area (Å²) in [5.74, 6) is -1.99. The summed E-state index contributed by atoms with van der Waals surface area (Å²) >= 11 is 0. The van der Waals surface area contributed by atoms with Crippen molar-refractivity contribution in [2.75, 3.05) is 0 Å². The highest BCUT2D eigenvalue weighted by molar-refractivity contribution is 6.09. The topological polar surface area (TPSA) is 77.8 Å². The average Bonchev–Trinajstić information content (AvgIpc) is 2.93. The molecule has 2 aromatic carbocycles. The Morgan fingerprint density at radius 2 is 1.74 bits per heavy atom. The van der Waals surface area contributed by atoms with E-state index < -0.39 is 35.2 Å². The third-order valence-corrected chi connectivity index (χ3v) is 5.01. The summed E-state index contributed by atoms with van der Waals surface area (Å²) in [5.41, 5.74) is -0.283. The number of ketones is 1. The van der Waals surface area contributed by atoms with E-state index in [0.29, 0.717) is 5.56 Å². The van der Waals surface area contributed by atoms with Crippen molar-refractivity contribution in [3.8, 4) is 5.75 Å². The van der Waals surface area contributed by atoms with Gasteiger partial charge >= 0.3 is 6.18 Å². The highest BCUT2D eigenvalue weighted by atomic mass is 19.4.